The molecule has 0 aliphatic heterocycles. The first-order valence-corrected chi connectivity index (χ1v) is 7.82. The smallest absolute Gasteiger partial charge is 0.313 e. The number of rotatable bonds is 5. The third-order valence-corrected chi connectivity index (χ3v) is 3.67. The van der Waals surface area contributed by atoms with Crippen molar-refractivity contribution in [1.29, 1.82) is 0 Å². The van der Waals surface area contributed by atoms with Gasteiger partial charge in [0.2, 0.25) is 0 Å². The Balaban J connectivity index is 1.67. The van der Waals surface area contributed by atoms with E-state index in [1.807, 2.05) is 30.3 Å². The van der Waals surface area contributed by atoms with E-state index in [0.717, 1.165) is 0 Å². The standard InChI is InChI=1S/C18H16ClNO4/c1-12(23-15-5-3-2-4-6-15)11-20(22)18(21)17-10-13-9-14(19)7-8-16(13)24-17/h2-10,12,22H,11H2,1H3/t12-/m1/s1. The Kier molecular flexibility index (Phi) is 4.74. The number of furan rings is 1. The van der Waals surface area contributed by atoms with Crippen molar-refractivity contribution in [2.75, 3.05) is 6.54 Å². The van der Waals surface area contributed by atoms with Crippen LogP contribution in [-0.4, -0.2) is 28.8 Å². The van der Waals surface area contributed by atoms with Crippen molar-refractivity contribution < 1.29 is 19.2 Å². The molecule has 1 atom stereocenters. The molecule has 1 aromatic heterocycles. The Morgan fingerprint density at radius 3 is 2.75 bits per heavy atom. The second kappa shape index (κ2) is 6.95. The Morgan fingerprint density at radius 1 is 1.25 bits per heavy atom. The Hall–Kier alpha value is -2.50. The molecule has 2 aromatic carbocycles. The molecule has 3 rings (SSSR count). The van der Waals surface area contributed by atoms with E-state index in [1.165, 1.54) is 0 Å². The summed E-state index contributed by atoms with van der Waals surface area (Å²) in [5.41, 5.74) is 0.532. The van der Waals surface area contributed by atoms with Crippen LogP contribution in [0.5, 0.6) is 5.75 Å². The third kappa shape index (κ3) is 3.69. The quantitative estimate of drug-likeness (QED) is 0.550. The van der Waals surface area contributed by atoms with Gasteiger partial charge in [-0.3, -0.25) is 10.0 Å². The Bertz CT molecular complexity index is 847. The Morgan fingerprint density at radius 2 is 2.00 bits per heavy atom. The predicted molar refractivity (Wildman–Crippen MR) is 90.6 cm³/mol. The molecule has 0 unspecified atom stereocenters. The number of fused-ring (bicyclic) bond motifs is 1. The molecule has 0 saturated heterocycles. The average Bonchev–Trinajstić information content (AvgIpc) is 2.97. The fraction of sp³-hybridized carbons (Fsp3) is 0.167. The van der Waals surface area contributed by atoms with Crippen LogP contribution in [0.15, 0.2) is 59.0 Å². The molecule has 0 fully saturated rings. The van der Waals surface area contributed by atoms with Crippen molar-refractivity contribution in [3.05, 3.63) is 65.4 Å². The molecule has 124 valence electrons. The number of carbonyl (C=O) groups is 1. The molecular formula is C18H16ClNO4. The lowest BCUT2D eigenvalue weighted by Gasteiger charge is -2.20. The van der Waals surface area contributed by atoms with Gasteiger partial charge in [0.25, 0.3) is 0 Å². The molecule has 0 radical (unpaired) electrons. The summed E-state index contributed by atoms with van der Waals surface area (Å²) in [6, 6.07) is 15.8. The number of para-hydroxylation sites is 1. The van der Waals surface area contributed by atoms with Crippen LogP contribution in [-0.2, 0) is 0 Å². The lowest BCUT2D eigenvalue weighted by atomic mass is 10.2. The van der Waals surface area contributed by atoms with E-state index in [-0.39, 0.29) is 18.4 Å². The molecular weight excluding hydrogens is 330 g/mol. The van der Waals surface area contributed by atoms with Crippen LogP contribution in [0.1, 0.15) is 17.5 Å². The second-order valence-corrected chi connectivity index (χ2v) is 5.86. The highest BCUT2D eigenvalue weighted by atomic mass is 35.5. The third-order valence-electron chi connectivity index (χ3n) is 3.43. The van der Waals surface area contributed by atoms with Gasteiger partial charge in [0.1, 0.15) is 17.4 Å². The number of nitrogens with zero attached hydrogens (tertiary/aromatic N) is 1. The highest BCUT2D eigenvalue weighted by Crippen LogP contribution is 2.23. The lowest BCUT2D eigenvalue weighted by Crippen LogP contribution is -2.35. The van der Waals surface area contributed by atoms with E-state index in [2.05, 4.69) is 0 Å². The summed E-state index contributed by atoms with van der Waals surface area (Å²) in [7, 11) is 0. The zero-order chi connectivity index (χ0) is 17.1. The number of hydrogen-bond acceptors (Lipinski definition) is 4. The van der Waals surface area contributed by atoms with Crippen LogP contribution >= 0.6 is 11.6 Å². The van der Waals surface area contributed by atoms with Crippen LogP contribution < -0.4 is 4.74 Å². The molecule has 5 nitrogen and oxygen atoms in total. The number of ether oxygens (including phenoxy) is 1. The molecule has 24 heavy (non-hydrogen) atoms. The molecule has 0 saturated carbocycles. The molecule has 1 amide bonds. The fourth-order valence-corrected chi connectivity index (χ4v) is 2.52. The molecule has 6 heteroatoms. The highest BCUT2D eigenvalue weighted by molar-refractivity contribution is 6.31. The first kappa shape index (κ1) is 16.4. The van der Waals surface area contributed by atoms with E-state index < -0.39 is 5.91 Å². The predicted octanol–water partition coefficient (Wildman–Crippen LogP) is 4.39. The zero-order valence-electron chi connectivity index (χ0n) is 13.0. The van der Waals surface area contributed by atoms with Gasteiger partial charge in [0, 0.05) is 10.4 Å². The number of hydrogen-bond donors (Lipinski definition) is 1. The first-order valence-electron chi connectivity index (χ1n) is 7.44. The van der Waals surface area contributed by atoms with Gasteiger partial charge in [-0.1, -0.05) is 29.8 Å². The fourth-order valence-electron chi connectivity index (χ4n) is 2.34. The van der Waals surface area contributed by atoms with Gasteiger partial charge >= 0.3 is 5.91 Å². The van der Waals surface area contributed by atoms with Gasteiger partial charge in [-0.05, 0) is 43.3 Å². The van der Waals surface area contributed by atoms with Gasteiger partial charge in [0.05, 0.1) is 6.54 Å². The molecule has 0 spiro atoms. The molecule has 0 aliphatic rings. The van der Waals surface area contributed by atoms with Crippen LogP contribution in [0.4, 0.5) is 0 Å². The summed E-state index contributed by atoms with van der Waals surface area (Å²) >= 11 is 5.91. The van der Waals surface area contributed by atoms with E-state index in [0.29, 0.717) is 26.8 Å². The Labute approximate surface area is 144 Å². The van der Waals surface area contributed by atoms with E-state index in [9.17, 15) is 10.0 Å². The van der Waals surface area contributed by atoms with E-state index >= 15 is 0 Å². The van der Waals surface area contributed by atoms with Gasteiger partial charge in [0.15, 0.2) is 5.76 Å². The van der Waals surface area contributed by atoms with Crippen LogP contribution in [0, 0.1) is 0 Å². The summed E-state index contributed by atoms with van der Waals surface area (Å²) < 4.78 is 11.1. The first-order chi connectivity index (χ1) is 11.5. The average molecular weight is 346 g/mol. The number of benzene rings is 2. The maximum Gasteiger partial charge on any atom is 0.313 e. The summed E-state index contributed by atoms with van der Waals surface area (Å²) in [6.07, 6.45) is -0.389. The van der Waals surface area contributed by atoms with Gasteiger partial charge in [-0.2, -0.15) is 0 Å². The van der Waals surface area contributed by atoms with Crippen molar-refractivity contribution in [2.24, 2.45) is 0 Å². The minimum atomic E-state index is -0.633. The second-order valence-electron chi connectivity index (χ2n) is 5.42. The number of hydroxylamine groups is 2. The van der Waals surface area contributed by atoms with E-state index in [4.69, 9.17) is 20.8 Å². The molecule has 0 bridgehead atoms. The van der Waals surface area contributed by atoms with Crippen LogP contribution in [0.25, 0.3) is 11.0 Å². The molecule has 0 aliphatic carbocycles. The summed E-state index contributed by atoms with van der Waals surface area (Å²) in [4.78, 5) is 12.3. The summed E-state index contributed by atoms with van der Waals surface area (Å²) in [6.45, 7) is 1.77. The van der Waals surface area contributed by atoms with Crippen LogP contribution in [0.3, 0.4) is 0 Å². The topological polar surface area (TPSA) is 62.9 Å². The number of halogens is 1. The van der Waals surface area contributed by atoms with Gasteiger partial charge < -0.3 is 9.15 Å². The van der Waals surface area contributed by atoms with Gasteiger partial charge in [-0.15, -0.1) is 0 Å². The molecule has 1 N–H and O–H groups in total. The summed E-state index contributed by atoms with van der Waals surface area (Å²) in [5.74, 6) is 0.0803. The SMILES string of the molecule is C[C@H](CN(O)C(=O)c1cc2cc(Cl)ccc2o1)Oc1ccccc1. The molecule has 1 heterocycles. The van der Waals surface area contributed by atoms with E-state index in [1.54, 1.807) is 31.2 Å². The van der Waals surface area contributed by atoms with Crippen molar-refractivity contribution in [3.63, 3.8) is 0 Å². The normalized spacial score (nSPS) is 12.1. The minimum Gasteiger partial charge on any atom is -0.489 e. The summed E-state index contributed by atoms with van der Waals surface area (Å²) in [5, 5.41) is 11.9. The van der Waals surface area contributed by atoms with Crippen molar-refractivity contribution in [2.45, 2.75) is 13.0 Å². The van der Waals surface area contributed by atoms with Crippen molar-refractivity contribution >= 4 is 28.5 Å². The van der Waals surface area contributed by atoms with Gasteiger partial charge in [-0.25, -0.2) is 5.06 Å². The highest BCUT2D eigenvalue weighted by Gasteiger charge is 2.21. The lowest BCUT2D eigenvalue weighted by molar-refractivity contribution is -0.0754. The van der Waals surface area contributed by atoms with Crippen molar-refractivity contribution in [3.8, 4) is 5.75 Å². The number of carbonyl (C=O) groups excluding carboxylic acids is 1. The molecule has 3 aromatic rings. The van der Waals surface area contributed by atoms with Crippen molar-refractivity contribution in [1.82, 2.24) is 5.06 Å². The number of amides is 1. The monoisotopic (exact) mass is 345 g/mol. The maximum absolute atomic E-state index is 12.3. The minimum absolute atomic E-state index is 0.00549. The maximum atomic E-state index is 12.3. The largest absolute Gasteiger partial charge is 0.489 e. The zero-order valence-corrected chi connectivity index (χ0v) is 13.7. The van der Waals surface area contributed by atoms with Crippen LogP contribution in [0.2, 0.25) is 5.02 Å².